The molecule has 2 aromatic rings. The van der Waals surface area contributed by atoms with Gasteiger partial charge in [0.25, 0.3) is 0 Å². The first-order valence-electron chi connectivity index (χ1n) is 5.96. The molecule has 18 heavy (non-hydrogen) atoms. The number of rotatable bonds is 5. The summed E-state index contributed by atoms with van der Waals surface area (Å²) in [6.07, 6.45) is 3.74. The third-order valence-corrected chi connectivity index (χ3v) is 3.01. The Kier molecular flexibility index (Phi) is 4.49. The molecule has 0 spiro atoms. The molecule has 0 aliphatic rings. The fourth-order valence-corrected chi connectivity index (χ4v) is 2.06. The molecule has 1 unspecified atom stereocenters. The van der Waals surface area contributed by atoms with Gasteiger partial charge in [-0.15, -0.1) is 0 Å². The fourth-order valence-electron chi connectivity index (χ4n) is 1.75. The molecule has 0 bridgehead atoms. The second kappa shape index (κ2) is 6.11. The molecule has 0 aliphatic carbocycles. The van der Waals surface area contributed by atoms with Crippen molar-refractivity contribution in [2.45, 2.75) is 20.0 Å². The van der Waals surface area contributed by atoms with Crippen LogP contribution in [0.3, 0.4) is 0 Å². The molecular weight excluding hydrogens is 294 g/mol. The zero-order valence-corrected chi connectivity index (χ0v) is 12.1. The molecular formula is C13H16BrN3O. The molecule has 2 aromatic heterocycles. The quantitative estimate of drug-likeness (QED) is 0.921. The van der Waals surface area contributed by atoms with Gasteiger partial charge < -0.3 is 10.1 Å². The van der Waals surface area contributed by atoms with E-state index in [0.29, 0.717) is 0 Å². The largest absolute Gasteiger partial charge is 0.381 e. The second-order valence-corrected chi connectivity index (χ2v) is 4.94. The van der Waals surface area contributed by atoms with E-state index < -0.39 is 0 Å². The van der Waals surface area contributed by atoms with E-state index in [4.69, 9.17) is 4.74 Å². The van der Waals surface area contributed by atoms with Crippen LogP contribution in [0.25, 0.3) is 11.0 Å². The van der Waals surface area contributed by atoms with Crippen molar-refractivity contribution in [3.05, 3.63) is 29.0 Å². The number of nitrogens with zero attached hydrogens (tertiary/aromatic N) is 2. The smallest absolute Gasteiger partial charge is 0.112 e. The number of hydrogen-bond acceptors (Lipinski definition) is 4. The van der Waals surface area contributed by atoms with Gasteiger partial charge >= 0.3 is 0 Å². The molecule has 0 saturated heterocycles. The van der Waals surface area contributed by atoms with Gasteiger partial charge in [-0.3, -0.25) is 9.97 Å². The number of aromatic nitrogens is 2. The van der Waals surface area contributed by atoms with Crippen LogP contribution in [0.2, 0.25) is 0 Å². The molecule has 2 rings (SSSR count). The lowest BCUT2D eigenvalue weighted by Crippen LogP contribution is -2.19. The van der Waals surface area contributed by atoms with Gasteiger partial charge in [0.2, 0.25) is 0 Å². The van der Waals surface area contributed by atoms with Gasteiger partial charge in [-0.2, -0.15) is 0 Å². The fraction of sp³-hybridized carbons (Fsp3) is 0.385. The number of hydrogen-bond donors (Lipinski definition) is 1. The standard InChI is InChI=1S/C13H16BrN3O/c1-3-18-9(2)7-16-11-4-5-15-12-6-10(14)8-17-13(11)12/h4-6,8-9H,3,7H2,1-2H3,(H,15,16). The highest BCUT2D eigenvalue weighted by Gasteiger charge is 2.06. The van der Waals surface area contributed by atoms with E-state index in [0.717, 1.165) is 34.3 Å². The summed E-state index contributed by atoms with van der Waals surface area (Å²) in [5.41, 5.74) is 2.74. The first-order chi connectivity index (χ1) is 8.70. The van der Waals surface area contributed by atoms with Crippen molar-refractivity contribution in [1.29, 1.82) is 0 Å². The van der Waals surface area contributed by atoms with Gasteiger partial charge in [0.1, 0.15) is 5.52 Å². The first kappa shape index (κ1) is 13.2. The Morgan fingerprint density at radius 3 is 3.06 bits per heavy atom. The number of anilines is 1. The van der Waals surface area contributed by atoms with Crippen molar-refractivity contribution in [2.24, 2.45) is 0 Å². The maximum absolute atomic E-state index is 5.49. The zero-order valence-electron chi connectivity index (χ0n) is 10.5. The summed E-state index contributed by atoms with van der Waals surface area (Å²) in [6, 6.07) is 3.89. The van der Waals surface area contributed by atoms with Crippen molar-refractivity contribution >= 4 is 32.7 Å². The van der Waals surface area contributed by atoms with Crippen LogP contribution >= 0.6 is 15.9 Å². The van der Waals surface area contributed by atoms with E-state index in [9.17, 15) is 0 Å². The molecule has 96 valence electrons. The Balaban J connectivity index is 2.18. The van der Waals surface area contributed by atoms with Crippen LogP contribution < -0.4 is 5.32 Å². The monoisotopic (exact) mass is 309 g/mol. The summed E-state index contributed by atoms with van der Waals surface area (Å²) in [5.74, 6) is 0. The van der Waals surface area contributed by atoms with Gasteiger partial charge in [-0.05, 0) is 41.9 Å². The molecule has 0 aromatic carbocycles. The average molecular weight is 310 g/mol. The average Bonchev–Trinajstić information content (AvgIpc) is 2.36. The van der Waals surface area contributed by atoms with Crippen molar-refractivity contribution in [2.75, 3.05) is 18.5 Å². The number of nitrogens with one attached hydrogen (secondary N) is 1. The van der Waals surface area contributed by atoms with E-state index in [2.05, 4.69) is 31.2 Å². The van der Waals surface area contributed by atoms with Crippen LogP contribution in [0.5, 0.6) is 0 Å². The van der Waals surface area contributed by atoms with Gasteiger partial charge in [-0.1, -0.05) is 0 Å². The van der Waals surface area contributed by atoms with E-state index in [1.165, 1.54) is 0 Å². The maximum atomic E-state index is 5.49. The maximum Gasteiger partial charge on any atom is 0.112 e. The molecule has 0 amide bonds. The summed E-state index contributed by atoms with van der Waals surface area (Å²) in [6.45, 7) is 5.52. The third-order valence-electron chi connectivity index (χ3n) is 2.58. The molecule has 4 nitrogen and oxygen atoms in total. The Morgan fingerprint density at radius 2 is 2.28 bits per heavy atom. The number of halogens is 1. The lowest BCUT2D eigenvalue weighted by Gasteiger charge is -2.14. The minimum atomic E-state index is 0.175. The summed E-state index contributed by atoms with van der Waals surface area (Å²) in [7, 11) is 0. The summed E-state index contributed by atoms with van der Waals surface area (Å²) < 4.78 is 6.42. The SMILES string of the molecule is CCOC(C)CNc1ccnc2cc(Br)cnc12. The predicted octanol–water partition coefficient (Wildman–Crippen LogP) is 3.23. The van der Waals surface area contributed by atoms with Gasteiger partial charge in [0.15, 0.2) is 0 Å². The third kappa shape index (κ3) is 3.17. The van der Waals surface area contributed by atoms with E-state index in [-0.39, 0.29) is 6.10 Å². The lowest BCUT2D eigenvalue weighted by atomic mass is 10.2. The number of fused-ring (bicyclic) bond motifs is 1. The molecule has 2 heterocycles. The van der Waals surface area contributed by atoms with Crippen LogP contribution in [-0.4, -0.2) is 29.2 Å². The number of ether oxygens (including phenoxy) is 1. The van der Waals surface area contributed by atoms with Crippen LogP contribution in [0, 0.1) is 0 Å². The highest BCUT2D eigenvalue weighted by atomic mass is 79.9. The minimum absolute atomic E-state index is 0.175. The van der Waals surface area contributed by atoms with E-state index >= 15 is 0 Å². The van der Waals surface area contributed by atoms with Crippen molar-refractivity contribution in [3.63, 3.8) is 0 Å². The normalized spacial score (nSPS) is 12.6. The van der Waals surface area contributed by atoms with Gasteiger partial charge in [0.05, 0.1) is 17.3 Å². The molecule has 1 atom stereocenters. The lowest BCUT2D eigenvalue weighted by molar-refractivity contribution is 0.0855. The topological polar surface area (TPSA) is 47.0 Å². The van der Waals surface area contributed by atoms with E-state index in [1.54, 1.807) is 12.4 Å². The Hall–Kier alpha value is -1.20. The molecule has 0 saturated carbocycles. The minimum Gasteiger partial charge on any atom is -0.381 e. The summed E-state index contributed by atoms with van der Waals surface area (Å²) in [4.78, 5) is 8.69. The molecule has 0 aliphatic heterocycles. The molecule has 1 N–H and O–H groups in total. The highest BCUT2D eigenvalue weighted by molar-refractivity contribution is 9.10. The van der Waals surface area contributed by atoms with Gasteiger partial charge in [-0.25, -0.2) is 0 Å². The molecule has 5 heteroatoms. The molecule has 0 radical (unpaired) electrons. The Labute approximate surface area is 115 Å². The van der Waals surface area contributed by atoms with Crippen molar-refractivity contribution in [3.8, 4) is 0 Å². The van der Waals surface area contributed by atoms with Crippen LogP contribution in [0.1, 0.15) is 13.8 Å². The molecule has 0 fully saturated rings. The van der Waals surface area contributed by atoms with Gasteiger partial charge in [0, 0.05) is 30.0 Å². The predicted molar refractivity (Wildman–Crippen MR) is 76.8 cm³/mol. The second-order valence-electron chi connectivity index (χ2n) is 4.03. The van der Waals surface area contributed by atoms with Crippen molar-refractivity contribution < 1.29 is 4.74 Å². The number of pyridine rings is 2. The first-order valence-corrected chi connectivity index (χ1v) is 6.75. The van der Waals surface area contributed by atoms with Crippen LogP contribution in [0.15, 0.2) is 29.0 Å². The summed E-state index contributed by atoms with van der Waals surface area (Å²) >= 11 is 3.40. The Morgan fingerprint density at radius 1 is 1.44 bits per heavy atom. The highest BCUT2D eigenvalue weighted by Crippen LogP contribution is 2.21. The van der Waals surface area contributed by atoms with Crippen LogP contribution in [-0.2, 0) is 4.74 Å². The van der Waals surface area contributed by atoms with Crippen LogP contribution in [0.4, 0.5) is 5.69 Å². The van der Waals surface area contributed by atoms with Crippen molar-refractivity contribution in [1.82, 2.24) is 9.97 Å². The summed E-state index contributed by atoms with van der Waals surface area (Å²) in [5, 5.41) is 3.35. The zero-order chi connectivity index (χ0) is 13.0. The Bertz CT molecular complexity index is 533. The van der Waals surface area contributed by atoms with E-state index in [1.807, 2.05) is 26.0 Å².